The third-order valence-corrected chi connectivity index (χ3v) is 6.71. The van der Waals surface area contributed by atoms with Gasteiger partial charge in [0.05, 0.1) is 13.1 Å². The second kappa shape index (κ2) is 13.7. The zero-order valence-corrected chi connectivity index (χ0v) is 22.4. The van der Waals surface area contributed by atoms with Crippen LogP contribution < -0.4 is 0 Å². The molecule has 0 aliphatic carbocycles. The number of phenolic OH excluding ortho intramolecular Hbond substituents is 1. The molecule has 5 aromatic rings. The molecule has 0 atom stereocenters. The van der Waals surface area contributed by atoms with Crippen molar-refractivity contribution in [3.8, 4) is 51.7 Å². The lowest BCUT2D eigenvalue weighted by atomic mass is 10.0. The molecule has 0 fully saturated rings. The summed E-state index contributed by atoms with van der Waals surface area (Å²) in [4.78, 5) is 2.27. The quantitative estimate of drug-likeness (QED) is 0.224. The molecule has 2 nitrogen and oxygen atoms in total. The van der Waals surface area contributed by atoms with Gasteiger partial charge in [0.1, 0.15) is 5.75 Å². The Morgan fingerprint density at radius 1 is 0.475 bits per heavy atom. The van der Waals surface area contributed by atoms with Crippen LogP contribution >= 0.6 is 0 Å². The highest BCUT2D eigenvalue weighted by atomic mass is 16.3. The van der Waals surface area contributed by atoms with Gasteiger partial charge in [-0.15, -0.1) is 0 Å². The van der Waals surface area contributed by atoms with Crippen molar-refractivity contribution < 1.29 is 5.11 Å². The summed E-state index contributed by atoms with van der Waals surface area (Å²) in [6.07, 6.45) is 0.862. The van der Waals surface area contributed by atoms with E-state index in [1.807, 2.05) is 24.3 Å². The van der Waals surface area contributed by atoms with Crippen LogP contribution in [0.15, 0.2) is 133 Å². The summed E-state index contributed by atoms with van der Waals surface area (Å²) in [7, 11) is 0. The minimum Gasteiger partial charge on any atom is -0.508 e. The lowest BCUT2D eigenvalue weighted by Crippen LogP contribution is -2.27. The van der Waals surface area contributed by atoms with Gasteiger partial charge in [-0.1, -0.05) is 121 Å². The molecule has 0 unspecified atom stereocenters. The summed E-state index contributed by atoms with van der Waals surface area (Å²) < 4.78 is 0. The predicted octanol–water partition coefficient (Wildman–Crippen LogP) is 7.67. The lowest BCUT2D eigenvalue weighted by Gasteiger charge is -2.16. The van der Waals surface area contributed by atoms with Gasteiger partial charge in [-0.3, -0.25) is 4.90 Å². The van der Waals surface area contributed by atoms with Crippen molar-refractivity contribution >= 4 is 0 Å². The average molecular weight is 518 g/mol. The number of aromatic hydroxyl groups is 1. The highest BCUT2D eigenvalue weighted by molar-refractivity contribution is 5.65. The van der Waals surface area contributed by atoms with Crippen LogP contribution in [0.4, 0.5) is 0 Å². The molecule has 0 saturated carbocycles. The van der Waals surface area contributed by atoms with Gasteiger partial charge < -0.3 is 5.11 Å². The van der Waals surface area contributed by atoms with Gasteiger partial charge >= 0.3 is 0 Å². The molecule has 40 heavy (non-hydrogen) atoms. The van der Waals surface area contributed by atoms with E-state index in [1.165, 1.54) is 27.8 Å². The summed E-state index contributed by atoms with van der Waals surface area (Å²) in [6.45, 7) is 2.08. The summed E-state index contributed by atoms with van der Waals surface area (Å²) in [5.74, 6) is 13.6. The van der Waals surface area contributed by atoms with E-state index in [-0.39, 0.29) is 5.75 Å². The van der Waals surface area contributed by atoms with Crippen molar-refractivity contribution in [1.29, 1.82) is 0 Å². The van der Waals surface area contributed by atoms with Gasteiger partial charge in [0.25, 0.3) is 0 Å². The van der Waals surface area contributed by atoms with Crippen LogP contribution in [0.2, 0.25) is 0 Å². The number of nitrogens with zero attached hydrogens (tertiary/aromatic N) is 1. The predicted molar refractivity (Wildman–Crippen MR) is 166 cm³/mol. The number of benzene rings is 5. The lowest BCUT2D eigenvalue weighted by molar-refractivity contribution is 0.349. The van der Waals surface area contributed by atoms with Gasteiger partial charge in [-0.05, 0) is 70.6 Å². The Morgan fingerprint density at radius 2 is 0.900 bits per heavy atom. The Bertz CT molecular complexity index is 1510. The monoisotopic (exact) mass is 517 g/mol. The molecule has 0 bridgehead atoms. The smallest absolute Gasteiger partial charge is 0.115 e. The highest BCUT2D eigenvalue weighted by Crippen LogP contribution is 2.20. The summed E-state index contributed by atoms with van der Waals surface area (Å²) in [6, 6.07) is 44.9. The van der Waals surface area contributed by atoms with Gasteiger partial charge in [-0.2, -0.15) is 0 Å². The molecule has 0 aromatic heterocycles. The molecule has 0 saturated heterocycles. The van der Waals surface area contributed by atoms with E-state index in [9.17, 15) is 5.11 Å². The average Bonchev–Trinajstić information content (AvgIpc) is 3.02. The van der Waals surface area contributed by atoms with E-state index in [0.29, 0.717) is 13.1 Å². The van der Waals surface area contributed by atoms with Crippen molar-refractivity contribution in [3.05, 3.63) is 150 Å². The minimum absolute atomic E-state index is 0.286. The van der Waals surface area contributed by atoms with Crippen molar-refractivity contribution in [2.45, 2.75) is 6.42 Å². The van der Waals surface area contributed by atoms with Crippen molar-refractivity contribution in [2.24, 2.45) is 0 Å². The van der Waals surface area contributed by atoms with Crippen molar-refractivity contribution in [3.63, 3.8) is 0 Å². The molecule has 0 spiro atoms. The first-order valence-electron chi connectivity index (χ1n) is 13.5. The third-order valence-electron chi connectivity index (χ3n) is 6.71. The first kappa shape index (κ1) is 26.6. The van der Waals surface area contributed by atoms with Crippen LogP contribution in [0.25, 0.3) is 22.3 Å². The molecule has 0 aliphatic rings. The minimum atomic E-state index is 0.286. The van der Waals surface area contributed by atoms with Crippen LogP contribution in [-0.2, 0) is 6.42 Å². The first-order chi connectivity index (χ1) is 19.7. The highest BCUT2D eigenvalue weighted by Gasteiger charge is 2.03. The van der Waals surface area contributed by atoms with E-state index in [2.05, 4.69) is 126 Å². The summed E-state index contributed by atoms with van der Waals surface area (Å²) in [5.41, 5.74) is 7.97. The largest absolute Gasteiger partial charge is 0.508 e. The zero-order chi connectivity index (χ0) is 27.4. The van der Waals surface area contributed by atoms with E-state index < -0.39 is 0 Å². The van der Waals surface area contributed by atoms with E-state index >= 15 is 0 Å². The zero-order valence-electron chi connectivity index (χ0n) is 22.4. The molecule has 5 rings (SSSR count). The van der Waals surface area contributed by atoms with E-state index in [1.54, 1.807) is 12.1 Å². The third kappa shape index (κ3) is 7.75. The van der Waals surface area contributed by atoms with Crippen LogP contribution in [-0.4, -0.2) is 29.6 Å². The maximum atomic E-state index is 9.60. The Balaban J connectivity index is 1.24. The summed E-state index contributed by atoms with van der Waals surface area (Å²) >= 11 is 0. The Kier molecular flexibility index (Phi) is 9.09. The number of hydrogen-bond acceptors (Lipinski definition) is 2. The Labute approximate surface area is 237 Å². The fraction of sp³-hybridized carbons (Fsp3) is 0.105. The first-order valence-corrected chi connectivity index (χ1v) is 13.5. The maximum absolute atomic E-state index is 9.60. The Morgan fingerprint density at radius 3 is 1.35 bits per heavy atom. The van der Waals surface area contributed by atoms with Crippen LogP contribution in [0.1, 0.15) is 16.7 Å². The van der Waals surface area contributed by atoms with Gasteiger partial charge in [0.15, 0.2) is 0 Å². The number of phenols is 1. The molecule has 0 aliphatic heterocycles. The molecule has 0 radical (unpaired) electrons. The van der Waals surface area contributed by atoms with Crippen molar-refractivity contribution in [2.75, 3.05) is 19.6 Å². The van der Waals surface area contributed by atoms with E-state index in [4.69, 9.17) is 0 Å². The van der Waals surface area contributed by atoms with Gasteiger partial charge in [0, 0.05) is 17.7 Å². The van der Waals surface area contributed by atoms with Crippen LogP contribution in [0.3, 0.4) is 0 Å². The molecular weight excluding hydrogens is 486 g/mol. The molecule has 0 heterocycles. The molecule has 2 heteroatoms. The number of hydrogen-bond donors (Lipinski definition) is 1. The van der Waals surface area contributed by atoms with Gasteiger partial charge in [0.2, 0.25) is 0 Å². The fourth-order valence-electron chi connectivity index (χ4n) is 4.42. The topological polar surface area (TPSA) is 23.5 Å². The normalized spacial score (nSPS) is 10.3. The maximum Gasteiger partial charge on any atom is 0.115 e. The SMILES string of the molecule is Oc1ccc(CCN(CC#Cc2ccc(-c3ccccc3)cc2)CC#Cc2ccc(-c3ccccc3)cc2)cc1. The van der Waals surface area contributed by atoms with Gasteiger partial charge in [-0.25, -0.2) is 0 Å². The van der Waals surface area contributed by atoms with E-state index in [0.717, 1.165) is 24.1 Å². The number of rotatable bonds is 7. The molecule has 0 amide bonds. The van der Waals surface area contributed by atoms with Crippen LogP contribution in [0, 0.1) is 23.7 Å². The Hall–Kier alpha value is -5.02. The van der Waals surface area contributed by atoms with Crippen molar-refractivity contribution in [1.82, 2.24) is 4.90 Å². The molecule has 5 aromatic carbocycles. The van der Waals surface area contributed by atoms with Crippen LogP contribution in [0.5, 0.6) is 5.75 Å². The summed E-state index contributed by atoms with van der Waals surface area (Å²) in [5, 5.41) is 9.60. The molecule has 1 N–H and O–H groups in total. The fourth-order valence-corrected chi connectivity index (χ4v) is 4.42. The second-order valence-corrected chi connectivity index (χ2v) is 9.62. The molecule has 194 valence electrons. The molecular formula is C38H31NO. The second-order valence-electron chi connectivity index (χ2n) is 9.62. The standard InChI is InChI=1S/C38H31NO/c40-38-25-19-33(20-26-38)27-30-39(28-7-9-31-15-21-36(22-16-31)34-11-3-1-4-12-34)29-8-10-32-17-23-37(24-18-32)35-13-5-2-6-14-35/h1-6,11-26,40H,27-30H2.